The van der Waals surface area contributed by atoms with E-state index in [1.54, 1.807) is 6.20 Å². The number of anilines is 2. The van der Waals surface area contributed by atoms with Gasteiger partial charge in [0.1, 0.15) is 5.82 Å². The van der Waals surface area contributed by atoms with Gasteiger partial charge in [-0.3, -0.25) is 4.98 Å². The summed E-state index contributed by atoms with van der Waals surface area (Å²) in [5.41, 5.74) is 1.09. The molecule has 0 aliphatic heterocycles. The molecule has 0 radical (unpaired) electrons. The van der Waals surface area contributed by atoms with E-state index in [0.717, 1.165) is 31.0 Å². The van der Waals surface area contributed by atoms with Gasteiger partial charge < -0.3 is 10.2 Å². The summed E-state index contributed by atoms with van der Waals surface area (Å²) in [5, 5.41) is 3.12. The van der Waals surface area contributed by atoms with Crippen LogP contribution in [0, 0.1) is 0 Å². The van der Waals surface area contributed by atoms with E-state index in [0.29, 0.717) is 5.95 Å². The summed E-state index contributed by atoms with van der Waals surface area (Å²) in [6, 6.07) is 7.90. The van der Waals surface area contributed by atoms with E-state index in [4.69, 9.17) is 0 Å². The molecule has 2 aromatic rings. The Morgan fingerprint density at radius 1 is 1.16 bits per heavy atom. The Hall–Kier alpha value is -2.17. The van der Waals surface area contributed by atoms with Crippen LogP contribution in [0.25, 0.3) is 0 Å². The van der Waals surface area contributed by atoms with Crippen molar-refractivity contribution in [3.63, 3.8) is 0 Å². The molecule has 2 heterocycles. The van der Waals surface area contributed by atoms with E-state index in [2.05, 4.69) is 25.2 Å². The molecular weight excluding hydrogens is 238 g/mol. The van der Waals surface area contributed by atoms with Gasteiger partial charge >= 0.3 is 0 Å². The van der Waals surface area contributed by atoms with Crippen molar-refractivity contribution in [1.29, 1.82) is 0 Å². The van der Waals surface area contributed by atoms with Gasteiger partial charge in [-0.1, -0.05) is 6.07 Å². The molecule has 0 saturated heterocycles. The van der Waals surface area contributed by atoms with Gasteiger partial charge in [0.15, 0.2) is 0 Å². The summed E-state index contributed by atoms with van der Waals surface area (Å²) in [7, 11) is 2.03. The second kappa shape index (κ2) is 6.68. The fourth-order valence-electron chi connectivity index (χ4n) is 1.75. The van der Waals surface area contributed by atoms with Gasteiger partial charge in [0.2, 0.25) is 5.95 Å². The number of likely N-dealkylation sites (N-methyl/N-ethyl adjacent to an activating group) is 1. The average molecular weight is 257 g/mol. The highest BCUT2D eigenvalue weighted by molar-refractivity contribution is 5.41. The zero-order valence-corrected chi connectivity index (χ0v) is 11.4. The Kier molecular flexibility index (Phi) is 4.66. The quantitative estimate of drug-likeness (QED) is 0.857. The third-order valence-corrected chi connectivity index (χ3v) is 2.80. The van der Waals surface area contributed by atoms with E-state index in [1.165, 1.54) is 0 Å². The van der Waals surface area contributed by atoms with Crippen LogP contribution >= 0.6 is 0 Å². The first-order valence-corrected chi connectivity index (χ1v) is 6.47. The molecule has 0 bridgehead atoms. The van der Waals surface area contributed by atoms with Gasteiger partial charge in [0.25, 0.3) is 0 Å². The summed E-state index contributed by atoms with van der Waals surface area (Å²) in [6.45, 7) is 3.72. The normalized spacial score (nSPS) is 10.2. The Morgan fingerprint density at radius 2 is 2.05 bits per heavy atom. The lowest BCUT2D eigenvalue weighted by molar-refractivity contribution is 0.836. The van der Waals surface area contributed by atoms with E-state index < -0.39 is 0 Å². The maximum Gasteiger partial charge on any atom is 0.224 e. The van der Waals surface area contributed by atoms with Crippen LogP contribution < -0.4 is 10.2 Å². The summed E-state index contributed by atoms with van der Waals surface area (Å²) < 4.78 is 0. The fraction of sp³-hybridized carbons (Fsp3) is 0.357. The first kappa shape index (κ1) is 13.3. The second-order valence-electron chi connectivity index (χ2n) is 4.26. The minimum atomic E-state index is 0.671. The molecule has 0 spiro atoms. The molecule has 5 heteroatoms. The highest BCUT2D eigenvalue weighted by Gasteiger charge is 2.04. The lowest BCUT2D eigenvalue weighted by atomic mass is 10.2. The molecule has 2 rings (SSSR count). The number of nitrogens with one attached hydrogen (secondary N) is 1. The number of hydrogen-bond donors (Lipinski definition) is 1. The van der Waals surface area contributed by atoms with Crippen LogP contribution in [0.15, 0.2) is 36.7 Å². The zero-order valence-electron chi connectivity index (χ0n) is 11.4. The van der Waals surface area contributed by atoms with Gasteiger partial charge in [0, 0.05) is 44.6 Å². The van der Waals surface area contributed by atoms with Crippen LogP contribution in [0.3, 0.4) is 0 Å². The monoisotopic (exact) mass is 257 g/mol. The van der Waals surface area contributed by atoms with Gasteiger partial charge in [0.05, 0.1) is 0 Å². The highest BCUT2D eigenvalue weighted by atomic mass is 15.2. The van der Waals surface area contributed by atoms with Crippen LogP contribution in [0.4, 0.5) is 11.8 Å². The Morgan fingerprint density at radius 3 is 2.79 bits per heavy atom. The SMILES string of the molecule is CCNc1nccc(N(C)CCc2ccccn2)n1. The highest BCUT2D eigenvalue weighted by Crippen LogP contribution is 2.10. The molecule has 0 saturated carbocycles. The zero-order chi connectivity index (χ0) is 13.5. The first-order chi connectivity index (χ1) is 9.29. The van der Waals surface area contributed by atoms with Crippen LogP contribution in [0.5, 0.6) is 0 Å². The Balaban J connectivity index is 1.95. The average Bonchev–Trinajstić information content (AvgIpc) is 2.46. The molecule has 2 aromatic heterocycles. The number of rotatable bonds is 6. The van der Waals surface area contributed by atoms with Crippen molar-refractivity contribution >= 4 is 11.8 Å². The van der Waals surface area contributed by atoms with Crippen LogP contribution in [0.1, 0.15) is 12.6 Å². The van der Waals surface area contributed by atoms with Gasteiger partial charge in [-0.2, -0.15) is 4.98 Å². The molecule has 0 aliphatic rings. The fourth-order valence-corrected chi connectivity index (χ4v) is 1.75. The van der Waals surface area contributed by atoms with Crippen LogP contribution in [-0.4, -0.2) is 35.1 Å². The van der Waals surface area contributed by atoms with Gasteiger partial charge in [-0.15, -0.1) is 0 Å². The molecule has 0 amide bonds. The lowest BCUT2D eigenvalue weighted by Crippen LogP contribution is -2.22. The predicted octanol–water partition coefficient (Wildman–Crippen LogP) is 1.98. The standard InChI is InChI=1S/C14H19N5/c1-3-15-14-17-10-7-13(18-14)19(2)11-8-12-6-4-5-9-16-12/h4-7,9-10H,3,8,11H2,1-2H3,(H,15,17,18). The molecule has 1 N–H and O–H groups in total. The first-order valence-electron chi connectivity index (χ1n) is 6.47. The van der Waals surface area contributed by atoms with Crippen molar-refractivity contribution in [2.24, 2.45) is 0 Å². The van der Waals surface area contributed by atoms with Crippen LogP contribution in [-0.2, 0) is 6.42 Å². The predicted molar refractivity (Wildman–Crippen MR) is 77.4 cm³/mol. The van der Waals surface area contributed by atoms with E-state index >= 15 is 0 Å². The van der Waals surface area contributed by atoms with Gasteiger partial charge in [-0.25, -0.2) is 4.98 Å². The summed E-state index contributed by atoms with van der Waals surface area (Å²) in [5.74, 6) is 1.59. The maximum absolute atomic E-state index is 4.46. The molecular formula is C14H19N5. The smallest absolute Gasteiger partial charge is 0.224 e. The third-order valence-electron chi connectivity index (χ3n) is 2.80. The molecule has 5 nitrogen and oxygen atoms in total. The van der Waals surface area contributed by atoms with Crippen LogP contribution in [0.2, 0.25) is 0 Å². The summed E-state index contributed by atoms with van der Waals surface area (Å²) in [4.78, 5) is 15.1. The van der Waals surface area contributed by atoms with Crippen molar-refractivity contribution in [3.8, 4) is 0 Å². The van der Waals surface area contributed by atoms with Gasteiger partial charge in [-0.05, 0) is 25.1 Å². The molecule has 0 atom stereocenters. The topological polar surface area (TPSA) is 53.9 Å². The van der Waals surface area contributed by atoms with Crippen molar-refractivity contribution in [2.45, 2.75) is 13.3 Å². The third kappa shape index (κ3) is 3.91. The largest absolute Gasteiger partial charge is 0.359 e. The number of pyridine rings is 1. The molecule has 100 valence electrons. The van der Waals surface area contributed by atoms with Crippen molar-refractivity contribution in [2.75, 3.05) is 30.4 Å². The Bertz CT molecular complexity index is 500. The lowest BCUT2D eigenvalue weighted by Gasteiger charge is -2.18. The minimum absolute atomic E-state index is 0.671. The number of aromatic nitrogens is 3. The van der Waals surface area contributed by atoms with Crippen molar-refractivity contribution < 1.29 is 0 Å². The molecule has 0 aromatic carbocycles. The van der Waals surface area contributed by atoms with Crippen molar-refractivity contribution in [1.82, 2.24) is 15.0 Å². The number of nitrogens with zero attached hydrogens (tertiary/aromatic N) is 4. The molecule has 0 fully saturated rings. The summed E-state index contributed by atoms with van der Waals surface area (Å²) >= 11 is 0. The van der Waals surface area contributed by atoms with E-state index in [-0.39, 0.29) is 0 Å². The van der Waals surface area contributed by atoms with E-state index in [1.807, 2.05) is 44.4 Å². The second-order valence-corrected chi connectivity index (χ2v) is 4.26. The summed E-state index contributed by atoms with van der Waals surface area (Å²) in [6.07, 6.45) is 4.50. The molecule has 0 unspecified atom stereocenters. The van der Waals surface area contributed by atoms with Crippen molar-refractivity contribution in [3.05, 3.63) is 42.4 Å². The maximum atomic E-state index is 4.46. The Labute approximate surface area is 113 Å². The van der Waals surface area contributed by atoms with E-state index in [9.17, 15) is 0 Å². The molecule has 19 heavy (non-hydrogen) atoms. The molecule has 0 aliphatic carbocycles. The minimum Gasteiger partial charge on any atom is -0.359 e. The number of hydrogen-bond acceptors (Lipinski definition) is 5.